The van der Waals surface area contributed by atoms with Crippen LogP contribution in [0.3, 0.4) is 0 Å². The van der Waals surface area contributed by atoms with Gasteiger partial charge in [0.25, 0.3) is 0 Å². The van der Waals surface area contributed by atoms with Gasteiger partial charge in [-0.15, -0.1) is 0 Å². The predicted molar refractivity (Wildman–Crippen MR) is 162 cm³/mol. The molecule has 0 N–H and O–H groups in total. The van der Waals surface area contributed by atoms with Crippen LogP contribution in [-0.4, -0.2) is 19.9 Å². The van der Waals surface area contributed by atoms with Gasteiger partial charge in [-0.2, -0.15) is 0 Å². The summed E-state index contributed by atoms with van der Waals surface area (Å²) < 4.78 is 0.928. The van der Waals surface area contributed by atoms with E-state index in [4.69, 9.17) is 19.9 Å². The van der Waals surface area contributed by atoms with E-state index in [-0.39, 0.29) is 0 Å². The standard InChI is InChI=1S/C34H21BrN4/c35-26-20-24(31-29-17-8-7-15-27(29)28-16-9-10-18-30(28)36-31)19-25(21-26)34-38-32(22-11-3-1-4-12-22)37-33(39-34)23-13-5-2-6-14-23/h1-21H. The summed E-state index contributed by atoms with van der Waals surface area (Å²) in [5.41, 5.74) is 5.64. The first-order valence-electron chi connectivity index (χ1n) is 12.7. The zero-order valence-electron chi connectivity index (χ0n) is 20.8. The lowest BCUT2D eigenvalue weighted by Gasteiger charge is -2.12. The second-order valence-electron chi connectivity index (χ2n) is 9.29. The lowest BCUT2D eigenvalue weighted by Crippen LogP contribution is -2.00. The fourth-order valence-electron chi connectivity index (χ4n) is 4.92. The number of para-hydroxylation sites is 1. The van der Waals surface area contributed by atoms with Crippen molar-refractivity contribution in [2.75, 3.05) is 0 Å². The molecule has 5 aromatic carbocycles. The van der Waals surface area contributed by atoms with Crippen molar-refractivity contribution in [2.24, 2.45) is 0 Å². The van der Waals surface area contributed by atoms with Crippen LogP contribution in [0.2, 0.25) is 0 Å². The highest BCUT2D eigenvalue weighted by Gasteiger charge is 2.16. The number of aromatic nitrogens is 4. The Bertz CT molecular complexity index is 1910. The number of pyridine rings is 1. The fourth-order valence-corrected chi connectivity index (χ4v) is 5.41. The molecular weight excluding hydrogens is 544 g/mol. The predicted octanol–water partition coefficient (Wildman–Crippen LogP) is 9.00. The molecule has 2 heterocycles. The molecule has 0 amide bonds. The van der Waals surface area contributed by atoms with Crippen LogP contribution in [0.5, 0.6) is 0 Å². The minimum absolute atomic E-state index is 0.607. The lowest BCUT2D eigenvalue weighted by molar-refractivity contribution is 1.07. The third-order valence-electron chi connectivity index (χ3n) is 6.74. The third kappa shape index (κ3) is 4.47. The van der Waals surface area contributed by atoms with E-state index in [0.29, 0.717) is 17.5 Å². The maximum absolute atomic E-state index is 5.11. The molecule has 4 nitrogen and oxygen atoms in total. The first kappa shape index (κ1) is 23.4. The van der Waals surface area contributed by atoms with Crippen LogP contribution in [0.4, 0.5) is 0 Å². The molecule has 7 rings (SSSR count). The summed E-state index contributed by atoms with van der Waals surface area (Å²) >= 11 is 3.75. The number of rotatable bonds is 4. The van der Waals surface area contributed by atoms with Crippen molar-refractivity contribution in [3.63, 3.8) is 0 Å². The molecular formula is C34H21BrN4. The summed E-state index contributed by atoms with van der Waals surface area (Å²) in [6, 6.07) is 43.0. The number of benzene rings is 5. The third-order valence-corrected chi connectivity index (χ3v) is 7.20. The largest absolute Gasteiger partial charge is 0.247 e. The molecule has 0 saturated heterocycles. The summed E-state index contributed by atoms with van der Waals surface area (Å²) in [7, 11) is 0. The van der Waals surface area contributed by atoms with Gasteiger partial charge in [0.15, 0.2) is 17.5 Å². The molecule has 0 bridgehead atoms. The van der Waals surface area contributed by atoms with E-state index in [0.717, 1.165) is 48.7 Å². The number of hydrogen-bond donors (Lipinski definition) is 0. The highest BCUT2D eigenvalue weighted by atomic mass is 79.9. The van der Waals surface area contributed by atoms with Crippen molar-refractivity contribution in [3.8, 4) is 45.4 Å². The van der Waals surface area contributed by atoms with E-state index in [9.17, 15) is 0 Å². The Morgan fingerprint density at radius 1 is 0.385 bits per heavy atom. The summed E-state index contributed by atoms with van der Waals surface area (Å²) in [5.74, 6) is 1.88. The van der Waals surface area contributed by atoms with Gasteiger partial charge in [0.05, 0.1) is 11.2 Å². The molecule has 0 fully saturated rings. The van der Waals surface area contributed by atoms with Crippen LogP contribution in [0, 0.1) is 0 Å². The first-order chi connectivity index (χ1) is 19.2. The molecule has 2 aromatic heterocycles. The van der Waals surface area contributed by atoms with Crippen LogP contribution in [0.15, 0.2) is 132 Å². The number of nitrogens with zero attached hydrogens (tertiary/aromatic N) is 4. The van der Waals surface area contributed by atoms with Gasteiger partial charge in [-0.05, 0) is 29.7 Å². The quantitative estimate of drug-likeness (QED) is 0.200. The van der Waals surface area contributed by atoms with Crippen molar-refractivity contribution < 1.29 is 0 Å². The average Bonchev–Trinajstić information content (AvgIpc) is 3.01. The Morgan fingerprint density at radius 3 is 1.51 bits per heavy atom. The average molecular weight is 565 g/mol. The topological polar surface area (TPSA) is 51.6 Å². The summed E-state index contributed by atoms with van der Waals surface area (Å²) in [5, 5.41) is 3.42. The van der Waals surface area contributed by atoms with E-state index >= 15 is 0 Å². The first-order valence-corrected chi connectivity index (χ1v) is 13.5. The molecule has 0 aliphatic carbocycles. The Balaban J connectivity index is 1.45. The Labute approximate surface area is 234 Å². The van der Waals surface area contributed by atoms with Crippen LogP contribution in [-0.2, 0) is 0 Å². The number of fused-ring (bicyclic) bond motifs is 3. The molecule has 7 aromatic rings. The highest BCUT2D eigenvalue weighted by molar-refractivity contribution is 9.10. The molecule has 0 saturated carbocycles. The molecule has 39 heavy (non-hydrogen) atoms. The van der Waals surface area contributed by atoms with Crippen LogP contribution >= 0.6 is 15.9 Å². The normalized spacial score (nSPS) is 11.2. The van der Waals surface area contributed by atoms with Crippen LogP contribution in [0.25, 0.3) is 67.1 Å². The fraction of sp³-hybridized carbons (Fsp3) is 0. The van der Waals surface area contributed by atoms with Crippen molar-refractivity contribution in [3.05, 3.63) is 132 Å². The molecule has 0 spiro atoms. The van der Waals surface area contributed by atoms with Gasteiger partial charge in [0.1, 0.15) is 0 Å². The summed E-state index contributed by atoms with van der Waals surface area (Å²) in [6.45, 7) is 0. The van der Waals surface area contributed by atoms with E-state index < -0.39 is 0 Å². The van der Waals surface area contributed by atoms with Crippen molar-refractivity contribution >= 4 is 37.6 Å². The molecule has 184 valence electrons. The van der Waals surface area contributed by atoms with Gasteiger partial charge in [0, 0.05) is 37.5 Å². The Kier molecular flexibility index (Phi) is 5.91. The molecule has 5 heteroatoms. The van der Waals surface area contributed by atoms with Gasteiger partial charge in [0.2, 0.25) is 0 Å². The maximum Gasteiger partial charge on any atom is 0.164 e. The summed E-state index contributed by atoms with van der Waals surface area (Å²) in [4.78, 5) is 19.8. The second-order valence-corrected chi connectivity index (χ2v) is 10.2. The molecule has 0 radical (unpaired) electrons. The Morgan fingerprint density at radius 2 is 0.872 bits per heavy atom. The van der Waals surface area contributed by atoms with E-state index in [1.54, 1.807) is 0 Å². The van der Waals surface area contributed by atoms with Gasteiger partial charge in [-0.25, -0.2) is 19.9 Å². The highest BCUT2D eigenvalue weighted by Crippen LogP contribution is 2.36. The summed E-state index contributed by atoms with van der Waals surface area (Å²) in [6.07, 6.45) is 0. The van der Waals surface area contributed by atoms with Crippen molar-refractivity contribution in [1.82, 2.24) is 19.9 Å². The zero-order chi connectivity index (χ0) is 26.2. The van der Waals surface area contributed by atoms with Gasteiger partial charge in [-0.3, -0.25) is 0 Å². The minimum atomic E-state index is 0.607. The monoisotopic (exact) mass is 564 g/mol. The Hall–Kier alpha value is -4.74. The van der Waals surface area contributed by atoms with Gasteiger partial charge >= 0.3 is 0 Å². The number of halogens is 1. The van der Waals surface area contributed by atoms with E-state index in [2.05, 4.69) is 70.5 Å². The van der Waals surface area contributed by atoms with Gasteiger partial charge in [-0.1, -0.05) is 119 Å². The lowest BCUT2D eigenvalue weighted by atomic mass is 9.99. The maximum atomic E-state index is 5.11. The van der Waals surface area contributed by atoms with E-state index in [1.807, 2.05) is 72.8 Å². The minimum Gasteiger partial charge on any atom is -0.247 e. The second kappa shape index (κ2) is 9.86. The molecule has 0 aliphatic rings. The van der Waals surface area contributed by atoms with Crippen molar-refractivity contribution in [2.45, 2.75) is 0 Å². The van der Waals surface area contributed by atoms with Gasteiger partial charge < -0.3 is 0 Å². The number of hydrogen-bond acceptors (Lipinski definition) is 4. The molecule has 0 unspecified atom stereocenters. The van der Waals surface area contributed by atoms with E-state index in [1.165, 1.54) is 5.39 Å². The van der Waals surface area contributed by atoms with Crippen molar-refractivity contribution in [1.29, 1.82) is 0 Å². The molecule has 0 atom stereocenters. The van der Waals surface area contributed by atoms with Crippen LogP contribution in [0.1, 0.15) is 0 Å². The SMILES string of the molecule is Brc1cc(-c2nc(-c3ccccc3)nc(-c3ccccc3)n2)cc(-c2nc3ccccc3c3ccccc23)c1. The van der Waals surface area contributed by atoms with Crippen LogP contribution < -0.4 is 0 Å². The molecule has 0 aliphatic heterocycles. The smallest absolute Gasteiger partial charge is 0.164 e. The zero-order valence-corrected chi connectivity index (χ0v) is 22.4.